The molecule has 0 spiro atoms. The van der Waals surface area contributed by atoms with E-state index in [1.165, 1.54) is 41.0 Å². The molecule has 0 bridgehead atoms. The van der Waals surface area contributed by atoms with E-state index in [0.717, 1.165) is 4.47 Å². The molecule has 0 fully saturated rings. The van der Waals surface area contributed by atoms with Gasteiger partial charge < -0.3 is 5.73 Å². The summed E-state index contributed by atoms with van der Waals surface area (Å²) in [6.07, 6.45) is 3.36. The topological polar surface area (TPSA) is 23.8 Å². The molecule has 1 N–H and O–H groups in total. The van der Waals surface area contributed by atoms with Crippen LogP contribution in [0.5, 0.6) is 0 Å². The third-order valence-electron chi connectivity index (χ3n) is 3.08. The first-order chi connectivity index (χ1) is 9.33. The van der Waals surface area contributed by atoms with E-state index in [9.17, 15) is 0 Å². The first-order valence-corrected chi connectivity index (χ1v) is 8.74. The van der Waals surface area contributed by atoms with E-state index >= 15 is 0 Å². The van der Waals surface area contributed by atoms with E-state index in [1.807, 2.05) is 19.1 Å². The van der Waals surface area contributed by atoms with Crippen LogP contribution in [-0.4, -0.2) is 3.71 Å². The summed E-state index contributed by atoms with van der Waals surface area (Å²) in [5.41, 5.74) is 11.9. The summed E-state index contributed by atoms with van der Waals surface area (Å²) in [6, 6.07) is 7.18. The molecule has 0 amide bonds. The van der Waals surface area contributed by atoms with Crippen LogP contribution in [-0.2, 0) is 24.2 Å². The molecule has 0 radical (unpaired) electrons. The number of rotatable bonds is 0. The molecule has 122 valence electrons. The summed E-state index contributed by atoms with van der Waals surface area (Å²) in [5.74, 6) is 0.560. The van der Waals surface area contributed by atoms with Crippen LogP contribution in [0.25, 0.3) is 5.73 Å². The van der Waals surface area contributed by atoms with E-state index in [1.54, 1.807) is 12.1 Å². The van der Waals surface area contributed by atoms with Gasteiger partial charge in [0.2, 0.25) is 0 Å². The number of hydrogen-bond donors (Lipinski definition) is 0. The molecular weight excluding hydrogens is 460 g/mol. The SMILES string of the molecule is CC1=[C-]C(C)C(C)=C1C.C[CH]=[Zr+2].Cl.Cl.[NH-]c1ccc(Br)cc1. The van der Waals surface area contributed by atoms with Crippen molar-refractivity contribution in [2.24, 2.45) is 5.92 Å². The zero-order valence-electron chi connectivity index (χ0n) is 13.7. The molecule has 5 heteroatoms. The quantitative estimate of drug-likeness (QED) is 0.353. The Morgan fingerprint density at radius 2 is 1.55 bits per heavy atom. The Labute approximate surface area is 171 Å². The second-order valence-corrected chi connectivity index (χ2v) is 6.93. The summed E-state index contributed by atoms with van der Waals surface area (Å²) in [7, 11) is 0. The van der Waals surface area contributed by atoms with Gasteiger partial charge in [-0.3, -0.25) is 6.08 Å². The molecule has 22 heavy (non-hydrogen) atoms. The Morgan fingerprint density at radius 1 is 1.14 bits per heavy atom. The van der Waals surface area contributed by atoms with Gasteiger partial charge in [-0.25, -0.2) is 5.57 Å². The number of allylic oxidation sites excluding steroid dienone is 4. The maximum Gasteiger partial charge on any atom is 0.0174 e. The average Bonchev–Trinajstić information content (AvgIpc) is 2.62. The number of benzene rings is 1. The van der Waals surface area contributed by atoms with Gasteiger partial charge in [-0.1, -0.05) is 54.8 Å². The predicted molar refractivity (Wildman–Crippen MR) is 104 cm³/mol. The Morgan fingerprint density at radius 3 is 1.73 bits per heavy atom. The summed E-state index contributed by atoms with van der Waals surface area (Å²) in [5, 5.41) is 0. The van der Waals surface area contributed by atoms with E-state index < -0.39 is 0 Å². The molecule has 2 rings (SSSR count). The van der Waals surface area contributed by atoms with Gasteiger partial charge in [-0.2, -0.15) is 11.1 Å². The molecule has 0 aliphatic heterocycles. The van der Waals surface area contributed by atoms with Crippen LogP contribution in [0, 0.1) is 12.0 Å². The minimum absolute atomic E-state index is 0. The Kier molecular flexibility index (Phi) is 18.4. The minimum Gasteiger partial charge on any atom is -0.699 e. The van der Waals surface area contributed by atoms with Crippen LogP contribution in [0.15, 0.2) is 45.5 Å². The summed E-state index contributed by atoms with van der Waals surface area (Å²) < 4.78 is 3.11. The van der Waals surface area contributed by atoms with Crippen LogP contribution < -0.4 is 0 Å². The molecule has 0 aromatic heterocycles. The molecule has 1 nitrogen and oxygen atoms in total. The van der Waals surface area contributed by atoms with Crippen molar-refractivity contribution in [1.82, 2.24) is 0 Å². The zero-order valence-corrected chi connectivity index (χ0v) is 19.3. The Hall–Kier alpha value is 0.313. The first-order valence-electron chi connectivity index (χ1n) is 6.53. The van der Waals surface area contributed by atoms with E-state index in [-0.39, 0.29) is 24.8 Å². The molecular formula is C17H24BrCl2NZr. The molecule has 0 saturated heterocycles. The third kappa shape index (κ3) is 10.9. The van der Waals surface area contributed by atoms with E-state index in [0.29, 0.717) is 11.6 Å². The van der Waals surface area contributed by atoms with Gasteiger partial charge in [0, 0.05) is 4.47 Å². The molecule has 1 aliphatic rings. The second kappa shape index (κ2) is 14.9. The van der Waals surface area contributed by atoms with Gasteiger partial charge in [-0.15, -0.1) is 37.4 Å². The molecule has 0 heterocycles. The van der Waals surface area contributed by atoms with Crippen LogP contribution >= 0.6 is 40.7 Å². The van der Waals surface area contributed by atoms with E-state index in [2.05, 4.69) is 53.4 Å². The maximum absolute atomic E-state index is 7.07. The second-order valence-electron chi connectivity index (χ2n) is 4.59. The molecule has 1 aromatic rings. The Balaban J connectivity index is -0.000000260. The fourth-order valence-corrected chi connectivity index (χ4v) is 1.88. The maximum atomic E-state index is 7.07. The van der Waals surface area contributed by atoms with Gasteiger partial charge in [0.05, 0.1) is 0 Å². The summed E-state index contributed by atoms with van der Waals surface area (Å²) in [4.78, 5) is 0. The smallest absolute Gasteiger partial charge is 0.0174 e. The fourth-order valence-electron chi connectivity index (χ4n) is 1.61. The van der Waals surface area contributed by atoms with Gasteiger partial charge in [0.25, 0.3) is 0 Å². The van der Waals surface area contributed by atoms with Crippen LogP contribution in [0.1, 0.15) is 34.6 Å². The Bertz CT molecular complexity index is 475. The van der Waals surface area contributed by atoms with Crippen molar-refractivity contribution in [2.45, 2.75) is 34.6 Å². The summed E-state index contributed by atoms with van der Waals surface area (Å²) in [6.45, 7) is 10.7. The number of hydrogen-bond acceptors (Lipinski definition) is 0. The van der Waals surface area contributed by atoms with Crippen molar-refractivity contribution in [3.8, 4) is 0 Å². The van der Waals surface area contributed by atoms with Crippen LogP contribution in [0.2, 0.25) is 0 Å². The van der Waals surface area contributed by atoms with Crippen molar-refractivity contribution in [3.05, 3.63) is 57.3 Å². The molecule has 0 saturated carbocycles. The van der Waals surface area contributed by atoms with Gasteiger partial charge in [0.15, 0.2) is 0 Å². The molecule has 1 unspecified atom stereocenters. The standard InChI is InChI=1S/C9H13.C6H5BrN.C2H4.2ClH.Zr/c1-6-5-7(2)9(4)8(6)3;7-5-1-3-6(8)4-2-5;1-2;;;/h6H,1-4H3;1-4,8H;1H,2H3;2*1H;/q2*-1;;;;+2. The summed E-state index contributed by atoms with van der Waals surface area (Å²) >= 11 is 4.77. The van der Waals surface area contributed by atoms with Crippen molar-refractivity contribution < 1.29 is 24.2 Å². The number of halogens is 3. The van der Waals surface area contributed by atoms with E-state index in [4.69, 9.17) is 5.73 Å². The number of nitrogens with one attached hydrogen (secondary N) is 1. The zero-order chi connectivity index (χ0) is 15.7. The largest absolute Gasteiger partial charge is 0.699 e. The third-order valence-corrected chi connectivity index (χ3v) is 3.61. The molecule has 1 aliphatic carbocycles. The van der Waals surface area contributed by atoms with Crippen LogP contribution in [0.3, 0.4) is 0 Å². The average molecular weight is 484 g/mol. The molecule has 1 atom stereocenters. The first kappa shape index (κ1) is 27.2. The van der Waals surface area contributed by atoms with Gasteiger partial charge in [-0.05, 0) is 12.1 Å². The van der Waals surface area contributed by atoms with Crippen LogP contribution in [0.4, 0.5) is 5.69 Å². The van der Waals surface area contributed by atoms with Crippen molar-refractivity contribution in [1.29, 1.82) is 0 Å². The van der Waals surface area contributed by atoms with Gasteiger partial charge in [0.1, 0.15) is 0 Å². The van der Waals surface area contributed by atoms with Crippen molar-refractivity contribution in [2.75, 3.05) is 0 Å². The normalized spacial score (nSPS) is 15.1. The monoisotopic (exact) mass is 481 g/mol. The fraction of sp³-hybridized carbons (Fsp3) is 0.353. The van der Waals surface area contributed by atoms with Crippen molar-refractivity contribution >= 4 is 50.1 Å². The van der Waals surface area contributed by atoms with Gasteiger partial charge >= 0.3 is 34.9 Å². The predicted octanol–water partition coefficient (Wildman–Crippen LogP) is 7.05. The minimum atomic E-state index is 0. The van der Waals surface area contributed by atoms with Crippen molar-refractivity contribution in [3.63, 3.8) is 0 Å². The molecule has 1 aromatic carbocycles.